The maximum atomic E-state index is 12.1. The maximum Gasteiger partial charge on any atom is 0.227 e. The molecule has 1 aromatic heterocycles. The monoisotopic (exact) mass is 239 g/mol. The quantitative estimate of drug-likeness (QED) is 0.835. The van der Waals surface area contributed by atoms with Gasteiger partial charge >= 0.3 is 0 Å². The van der Waals surface area contributed by atoms with Gasteiger partial charge in [-0.3, -0.25) is 4.79 Å². The molecule has 5 heteroatoms. The molecule has 0 bridgehead atoms. The van der Waals surface area contributed by atoms with Crippen molar-refractivity contribution in [1.29, 1.82) is 0 Å². The largest absolute Gasteiger partial charge is 0.350 e. The van der Waals surface area contributed by atoms with Crippen LogP contribution in [0.5, 0.6) is 0 Å². The number of nitrogens with zero attached hydrogens (tertiary/aromatic N) is 1. The fourth-order valence-corrected chi connectivity index (χ4v) is 2.73. The van der Waals surface area contributed by atoms with E-state index in [0.717, 1.165) is 25.0 Å². The van der Waals surface area contributed by atoms with Crippen molar-refractivity contribution in [2.24, 2.45) is 11.1 Å². The number of hydrogen-bond donors (Lipinski definition) is 2. The molecule has 0 radical (unpaired) electrons. The van der Waals surface area contributed by atoms with E-state index in [4.69, 9.17) is 5.73 Å². The van der Waals surface area contributed by atoms with Crippen LogP contribution in [0.2, 0.25) is 0 Å². The van der Waals surface area contributed by atoms with E-state index in [-0.39, 0.29) is 11.9 Å². The van der Waals surface area contributed by atoms with Gasteiger partial charge in [0.25, 0.3) is 0 Å². The van der Waals surface area contributed by atoms with E-state index >= 15 is 0 Å². The fraction of sp³-hybridized carbons (Fsp3) is 0.636. The molecule has 16 heavy (non-hydrogen) atoms. The second-order valence-corrected chi connectivity index (χ2v) is 5.30. The van der Waals surface area contributed by atoms with Crippen LogP contribution in [0.3, 0.4) is 0 Å². The summed E-state index contributed by atoms with van der Waals surface area (Å²) in [7, 11) is 0. The summed E-state index contributed by atoms with van der Waals surface area (Å²) in [5, 5.41) is 4.86. The normalized spacial score (nSPS) is 29.2. The average molecular weight is 239 g/mol. The molecule has 88 valence electrons. The number of nitrogens with one attached hydrogen (secondary N) is 1. The van der Waals surface area contributed by atoms with Crippen LogP contribution in [-0.4, -0.2) is 16.9 Å². The highest BCUT2D eigenvalue weighted by molar-refractivity contribution is 7.07. The minimum atomic E-state index is -0.393. The molecule has 2 rings (SSSR count). The Bertz CT molecular complexity index is 365. The molecular formula is C11H17N3OS. The first kappa shape index (κ1) is 11.5. The lowest BCUT2D eigenvalue weighted by Crippen LogP contribution is -2.47. The van der Waals surface area contributed by atoms with E-state index in [1.165, 1.54) is 11.3 Å². The summed E-state index contributed by atoms with van der Waals surface area (Å²) in [4.78, 5) is 16.2. The molecule has 0 saturated heterocycles. The highest BCUT2D eigenvalue weighted by atomic mass is 32.1. The number of amides is 1. The molecule has 0 aromatic carbocycles. The van der Waals surface area contributed by atoms with Crippen LogP contribution in [0.15, 0.2) is 10.9 Å². The molecule has 0 spiro atoms. The number of nitrogens with two attached hydrogens (primary N) is 1. The van der Waals surface area contributed by atoms with Gasteiger partial charge in [0, 0.05) is 11.4 Å². The third-order valence-corrected chi connectivity index (χ3v) is 4.10. The highest BCUT2D eigenvalue weighted by Crippen LogP contribution is 2.36. The Balaban J connectivity index is 1.93. The van der Waals surface area contributed by atoms with Crippen molar-refractivity contribution in [2.45, 2.75) is 38.8 Å². The number of thiazole rings is 1. The van der Waals surface area contributed by atoms with Gasteiger partial charge in [0.1, 0.15) is 0 Å². The van der Waals surface area contributed by atoms with E-state index in [1.54, 1.807) is 5.51 Å². The van der Waals surface area contributed by atoms with Crippen molar-refractivity contribution in [2.75, 3.05) is 0 Å². The van der Waals surface area contributed by atoms with Crippen LogP contribution in [0.1, 0.15) is 31.9 Å². The van der Waals surface area contributed by atoms with Crippen molar-refractivity contribution in [1.82, 2.24) is 10.3 Å². The van der Waals surface area contributed by atoms with Crippen LogP contribution < -0.4 is 11.1 Å². The van der Waals surface area contributed by atoms with E-state index in [9.17, 15) is 4.79 Å². The van der Waals surface area contributed by atoms with Crippen molar-refractivity contribution < 1.29 is 4.79 Å². The molecule has 3 N–H and O–H groups in total. The molecule has 1 fully saturated rings. The molecule has 2 atom stereocenters. The molecule has 1 aliphatic carbocycles. The van der Waals surface area contributed by atoms with Gasteiger partial charge in [-0.1, -0.05) is 6.42 Å². The summed E-state index contributed by atoms with van der Waals surface area (Å²) in [6, 6.07) is -0.0112. The van der Waals surface area contributed by atoms with Gasteiger partial charge < -0.3 is 11.1 Å². The zero-order valence-electron chi connectivity index (χ0n) is 9.40. The van der Waals surface area contributed by atoms with Crippen LogP contribution in [0.25, 0.3) is 0 Å². The standard InChI is InChI=1S/C11H17N3OS/c1-11(4-2-3-9(11)12)10(15)13-5-8-6-16-7-14-8/h6-7,9H,2-5,12H2,1H3,(H,13,15). The Morgan fingerprint density at radius 3 is 3.19 bits per heavy atom. The molecular weight excluding hydrogens is 222 g/mol. The zero-order valence-corrected chi connectivity index (χ0v) is 10.2. The van der Waals surface area contributed by atoms with Gasteiger partial charge in [-0.05, 0) is 19.8 Å². The van der Waals surface area contributed by atoms with E-state index in [2.05, 4.69) is 10.3 Å². The summed E-state index contributed by atoms with van der Waals surface area (Å²) >= 11 is 1.54. The zero-order chi connectivity index (χ0) is 11.6. The summed E-state index contributed by atoms with van der Waals surface area (Å²) in [6.07, 6.45) is 2.87. The molecule has 0 aliphatic heterocycles. The predicted octanol–water partition coefficient (Wildman–Crippen LogP) is 1.28. The van der Waals surface area contributed by atoms with Gasteiger partial charge in [-0.15, -0.1) is 11.3 Å². The average Bonchev–Trinajstić information content (AvgIpc) is 2.87. The first-order valence-electron chi connectivity index (χ1n) is 5.54. The molecule has 2 unspecified atom stereocenters. The van der Waals surface area contributed by atoms with Crippen molar-refractivity contribution >= 4 is 17.2 Å². The van der Waals surface area contributed by atoms with Crippen molar-refractivity contribution in [3.8, 4) is 0 Å². The lowest BCUT2D eigenvalue weighted by molar-refractivity contribution is -0.130. The smallest absolute Gasteiger partial charge is 0.227 e. The predicted molar refractivity (Wildman–Crippen MR) is 63.9 cm³/mol. The number of carbonyl (C=O) groups is 1. The Morgan fingerprint density at radius 2 is 2.62 bits per heavy atom. The summed E-state index contributed by atoms with van der Waals surface area (Å²) in [6.45, 7) is 2.46. The lowest BCUT2D eigenvalue weighted by Gasteiger charge is -2.27. The Morgan fingerprint density at radius 1 is 1.81 bits per heavy atom. The minimum Gasteiger partial charge on any atom is -0.350 e. The third-order valence-electron chi connectivity index (χ3n) is 3.46. The topological polar surface area (TPSA) is 68.0 Å². The van der Waals surface area contributed by atoms with Crippen LogP contribution in [0, 0.1) is 5.41 Å². The van der Waals surface area contributed by atoms with Gasteiger partial charge in [0.15, 0.2) is 0 Å². The SMILES string of the molecule is CC1(C(=O)NCc2cscn2)CCCC1N. The molecule has 4 nitrogen and oxygen atoms in total. The Labute approximate surface area is 99.3 Å². The number of carbonyl (C=O) groups excluding carboxylic acids is 1. The second kappa shape index (κ2) is 4.51. The lowest BCUT2D eigenvalue weighted by atomic mass is 9.84. The summed E-state index contributed by atoms with van der Waals surface area (Å²) in [5.74, 6) is 0.0606. The molecule has 1 aliphatic rings. The number of rotatable bonds is 3. The van der Waals surface area contributed by atoms with Gasteiger partial charge in [0.05, 0.1) is 23.2 Å². The summed E-state index contributed by atoms with van der Waals surface area (Å²) < 4.78 is 0. The third kappa shape index (κ3) is 2.10. The van der Waals surface area contributed by atoms with Crippen molar-refractivity contribution in [3.63, 3.8) is 0 Å². The number of aromatic nitrogens is 1. The van der Waals surface area contributed by atoms with Gasteiger partial charge in [0.2, 0.25) is 5.91 Å². The fourth-order valence-electron chi connectivity index (χ4n) is 2.17. The van der Waals surface area contributed by atoms with Crippen LogP contribution in [-0.2, 0) is 11.3 Å². The molecule has 1 heterocycles. The van der Waals surface area contributed by atoms with Gasteiger partial charge in [-0.25, -0.2) is 4.98 Å². The minimum absolute atomic E-state index is 0.0112. The summed E-state index contributed by atoms with van der Waals surface area (Å²) in [5.41, 5.74) is 8.27. The van der Waals surface area contributed by atoms with Gasteiger partial charge in [-0.2, -0.15) is 0 Å². The van der Waals surface area contributed by atoms with E-state index in [0.29, 0.717) is 6.54 Å². The number of hydrogen-bond acceptors (Lipinski definition) is 4. The second-order valence-electron chi connectivity index (χ2n) is 4.58. The maximum absolute atomic E-state index is 12.1. The highest BCUT2D eigenvalue weighted by Gasteiger charge is 2.42. The van der Waals surface area contributed by atoms with Crippen molar-refractivity contribution in [3.05, 3.63) is 16.6 Å². The molecule has 1 aromatic rings. The first-order chi connectivity index (χ1) is 7.63. The Hall–Kier alpha value is -0.940. The Kier molecular flexibility index (Phi) is 3.25. The van der Waals surface area contributed by atoms with Crippen LogP contribution in [0.4, 0.5) is 0 Å². The van der Waals surface area contributed by atoms with E-state index < -0.39 is 5.41 Å². The molecule has 1 saturated carbocycles. The van der Waals surface area contributed by atoms with Crippen LogP contribution >= 0.6 is 11.3 Å². The molecule has 1 amide bonds. The van der Waals surface area contributed by atoms with E-state index in [1.807, 2.05) is 12.3 Å². The first-order valence-corrected chi connectivity index (χ1v) is 6.48.